The first-order chi connectivity index (χ1) is 15.3. The van der Waals surface area contributed by atoms with Gasteiger partial charge in [-0.3, -0.25) is 9.10 Å². The molecule has 3 aromatic rings. The molecule has 32 heavy (non-hydrogen) atoms. The molecule has 0 heterocycles. The molecule has 0 fully saturated rings. The first-order valence-corrected chi connectivity index (χ1v) is 11.9. The van der Waals surface area contributed by atoms with Gasteiger partial charge in [0, 0.05) is 12.1 Å². The van der Waals surface area contributed by atoms with Crippen molar-refractivity contribution in [2.45, 2.75) is 32.2 Å². The number of para-hydroxylation sites is 1. The highest BCUT2D eigenvalue weighted by molar-refractivity contribution is 7.92. The fourth-order valence-electron chi connectivity index (χ4n) is 3.35. The van der Waals surface area contributed by atoms with E-state index in [1.54, 1.807) is 30.3 Å². The molecule has 0 bridgehead atoms. The lowest BCUT2D eigenvalue weighted by atomic mass is 10.1. The SMILES string of the molecule is CCOc1ccccc1CNC(=O)CN(c1cccc(C)c1C)S(=O)(=O)c1ccccc1. The number of rotatable bonds is 9. The molecule has 0 aliphatic carbocycles. The standard InChI is InChI=1S/C25H28N2O4S/c1-4-31-24-16-9-8-12-21(24)17-26-25(28)18-27(23-15-10-11-19(2)20(23)3)32(29,30)22-13-6-5-7-14-22/h5-16H,4,17-18H2,1-3H3,(H,26,28). The van der Waals surface area contributed by atoms with Gasteiger partial charge in [0.05, 0.1) is 17.2 Å². The monoisotopic (exact) mass is 452 g/mol. The highest BCUT2D eigenvalue weighted by atomic mass is 32.2. The van der Waals surface area contributed by atoms with Crippen molar-refractivity contribution in [2.24, 2.45) is 0 Å². The molecule has 0 spiro atoms. The van der Waals surface area contributed by atoms with Crippen LogP contribution in [0.25, 0.3) is 0 Å². The molecular weight excluding hydrogens is 424 g/mol. The summed E-state index contributed by atoms with van der Waals surface area (Å²) in [7, 11) is -3.94. The summed E-state index contributed by atoms with van der Waals surface area (Å²) < 4.78 is 33.7. The van der Waals surface area contributed by atoms with Crippen LogP contribution in [0, 0.1) is 13.8 Å². The van der Waals surface area contributed by atoms with Crippen LogP contribution in [0.5, 0.6) is 5.75 Å². The van der Waals surface area contributed by atoms with E-state index in [1.807, 2.05) is 51.1 Å². The summed E-state index contributed by atoms with van der Waals surface area (Å²) in [6.45, 7) is 6.08. The summed E-state index contributed by atoms with van der Waals surface area (Å²) in [5.74, 6) is 0.287. The van der Waals surface area contributed by atoms with Gasteiger partial charge in [-0.05, 0) is 56.2 Å². The molecule has 3 rings (SSSR count). The van der Waals surface area contributed by atoms with Crippen LogP contribution in [-0.4, -0.2) is 27.5 Å². The van der Waals surface area contributed by atoms with Gasteiger partial charge in [-0.1, -0.05) is 48.5 Å². The molecule has 6 nitrogen and oxygen atoms in total. The Morgan fingerprint density at radius 3 is 2.34 bits per heavy atom. The number of carbonyl (C=O) groups is 1. The van der Waals surface area contributed by atoms with E-state index in [4.69, 9.17) is 4.74 Å². The molecule has 0 unspecified atom stereocenters. The Kier molecular flexibility index (Phi) is 7.53. The number of hydrogen-bond donors (Lipinski definition) is 1. The van der Waals surface area contributed by atoms with Crippen molar-refractivity contribution in [1.29, 1.82) is 0 Å². The number of amides is 1. The molecule has 0 aliphatic heterocycles. The first-order valence-electron chi connectivity index (χ1n) is 10.5. The van der Waals surface area contributed by atoms with Crippen LogP contribution in [-0.2, 0) is 21.4 Å². The van der Waals surface area contributed by atoms with Gasteiger partial charge in [-0.2, -0.15) is 0 Å². The first kappa shape index (κ1) is 23.3. The van der Waals surface area contributed by atoms with E-state index in [0.29, 0.717) is 18.0 Å². The van der Waals surface area contributed by atoms with Crippen molar-refractivity contribution in [1.82, 2.24) is 5.32 Å². The van der Waals surface area contributed by atoms with Crippen molar-refractivity contribution in [3.63, 3.8) is 0 Å². The summed E-state index contributed by atoms with van der Waals surface area (Å²) in [4.78, 5) is 13.0. The maximum atomic E-state index is 13.5. The van der Waals surface area contributed by atoms with Gasteiger partial charge in [-0.15, -0.1) is 0 Å². The number of hydrogen-bond acceptors (Lipinski definition) is 4. The molecule has 1 amide bonds. The fraction of sp³-hybridized carbons (Fsp3) is 0.240. The van der Waals surface area contributed by atoms with Crippen molar-refractivity contribution >= 4 is 21.6 Å². The molecule has 168 valence electrons. The Hall–Kier alpha value is -3.32. The molecule has 0 aromatic heterocycles. The Morgan fingerprint density at radius 2 is 1.62 bits per heavy atom. The lowest BCUT2D eigenvalue weighted by molar-refractivity contribution is -0.119. The molecule has 3 aromatic carbocycles. The van der Waals surface area contributed by atoms with E-state index < -0.39 is 15.9 Å². The van der Waals surface area contributed by atoms with E-state index in [0.717, 1.165) is 16.7 Å². The minimum absolute atomic E-state index is 0.135. The third kappa shape index (κ3) is 5.29. The number of nitrogens with zero attached hydrogens (tertiary/aromatic N) is 1. The predicted octanol–water partition coefficient (Wildman–Crippen LogP) is 4.21. The van der Waals surface area contributed by atoms with E-state index >= 15 is 0 Å². The van der Waals surface area contributed by atoms with Gasteiger partial charge >= 0.3 is 0 Å². The Labute approximate surface area is 189 Å². The maximum absolute atomic E-state index is 13.5. The molecule has 0 aliphatic rings. The number of carbonyl (C=O) groups excluding carboxylic acids is 1. The van der Waals surface area contributed by atoms with E-state index in [1.165, 1.54) is 16.4 Å². The number of ether oxygens (including phenoxy) is 1. The third-order valence-electron chi connectivity index (χ3n) is 5.21. The number of anilines is 1. The smallest absolute Gasteiger partial charge is 0.264 e. The largest absolute Gasteiger partial charge is 0.494 e. The second-order valence-electron chi connectivity index (χ2n) is 7.36. The van der Waals surface area contributed by atoms with Gasteiger partial charge in [0.15, 0.2) is 0 Å². The van der Waals surface area contributed by atoms with Gasteiger partial charge in [0.25, 0.3) is 10.0 Å². The zero-order valence-electron chi connectivity index (χ0n) is 18.5. The summed E-state index contributed by atoms with van der Waals surface area (Å²) >= 11 is 0. The van der Waals surface area contributed by atoms with Gasteiger partial charge < -0.3 is 10.1 Å². The summed E-state index contributed by atoms with van der Waals surface area (Å²) in [5, 5.41) is 2.83. The summed E-state index contributed by atoms with van der Waals surface area (Å²) in [5.41, 5.74) is 3.06. The predicted molar refractivity (Wildman–Crippen MR) is 126 cm³/mol. The molecule has 1 N–H and O–H groups in total. The minimum atomic E-state index is -3.94. The molecule has 0 saturated carbocycles. The van der Waals surface area contributed by atoms with Crippen molar-refractivity contribution in [2.75, 3.05) is 17.5 Å². The summed E-state index contributed by atoms with van der Waals surface area (Å²) in [6, 6.07) is 21.0. The quantitative estimate of drug-likeness (QED) is 0.528. The average molecular weight is 453 g/mol. The second-order valence-corrected chi connectivity index (χ2v) is 9.22. The molecule has 0 atom stereocenters. The van der Waals surface area contributed by atoms with Crippen LogP contribution in [0.2, 0.25) is 0 Å². The highest BCUT2D eigenvalue weighted by Crippen LogP contribution is 2.28. The van der Waals surface area contributed by atoms with Gasteiger partial charge in [0.2, 0.25) is 5.91 Å². The Balaban J connectivity index is 1.88. The Morgan fingerprint density at radius 1 is 0.938 bits per heavy atom. The van der Waals surface area contributed by atoms with Crippen LogP contribution in [0.4, 0.5) is 5.69 Å². The van der Waals surface area contributed by atoms with E-state index in [9.17, 15) is 13.2 Å². The zero-order valence-corrected chi connectivity index (χ0v) is 19.4. The number of aryl methyl sites for hydroxylation is 1. The normalized spacial score (nSPS) is 11.1. The third-order valence-corrected chi connectivity index (χ3v) is 6.99. The fourth-order valence-corrected chi connectivity index (χ4v) is 4.85. The van der Waals surface area contributed by atoms with Crippen molar-refractivity contribution in [3.05, 3.63) is 89.5 Å². The van der Waals surface area contributed by atoms with Crippen LogP contribution in [0.15, 0.2) is 77.7 Å². The van der Waals surface area contributed by atoms with Crippen LogP contribution in [0.1, 0.15) is 23.6 Å². The minimum Gasteiger partial charge on any atom is -0.494 e. The summed E-state index contributed by atoms with van der Waals surface area (Å²) in [6.07, 6.45) is 0. The maximum Gasteiger partial charge on any atom is 0.264 e. The Bertz CT molecular complexity index is 1180. The van der Waals surface area contributed by atoms with Crippen molar-refractivity contribution in [3.8, 4) is 5.75 Å². The van der Waals surface area contributed by atoms with Crippen LogP contribution >= 0.6 is 0 Å². The number of nitrogens with one attached hydrogen (secondary N) is 1. The van der Waals surface area contributed by atoms with E-state index in [2.05, 4.69) is 5.32 Å². The molecule has 0 radical (unpaired) electrons. The number of sulfonamides is 1. The van der Waals surface area contributed by atoms with Gasteiger partial charge in [-0.25, -0.2) is 8.42 Å². The van der Waals surface area contributed by atoms with Crippen molar-refractivity contribution < 1.29 is 17.9 Å². The molecule has 7 heteroatoms. The molecule has 0 saturated heterocycles. The topological polar surface area (TPSA) is 75.7 Å². The highest BCUT2D eigenvalue weighted by Gasteiger charge is 2.28. The van der Waals surface area contributed by atoms with Gasteiger partial charge in [0.1, 0.15) is 12.3 Å². The average Bonchev–Trinajstić information content (AvgIpc) is 2.80. The molecular formula is C25H28N2O4S. The van der Waals surface area contributed by atoms with Crippen LogP contribution < -0.4 is 14.4 Å². The lowest BCUT2D eigenvalue weighted by Crippen LogP contribution is -2.41. The number of benzene rings is 3. The second kappa shape index (κ2) is 10.3. The zero-order chi connectivity index (χ0) is 23.1. The lowest BCUT2D eigenvalue weighted by Gasteiger charge is -2.26. The van der Waals surface area contributed by atoms with Crippen LogP contribution in [0.3, 0.4) is 0 Å². The van der Waals surface area contributed by atoms with E-state index in [-0.39, 0.29) is 18.0 Å².